The number of para-hydroxylation sites is 1. The molecule has 3 rings (SSSR count). The Labute approximate surface area is 164 Å². The number of hydrogen-bond acceptors (Lipinski definition) is 5. The molecule has 0 aliphatic heterocycles. The van der Waals surface area contributed by atoms with Gasteiger partial charge in [-0.05, 0) is 30.7 Å². The van der Waals surface area contributed by atoms with Gasteiger partial charge in [-0.3, -0.25) is 19.7 Å². The minimum atomic E-state index is -0.585. The number of fused-ring (bicyclic) bond motifs is 1. The largest absolute Gasteiger partial charge is 0.449 e. The van der Waals surface area contributed by atoms with Crippen LogP contribution < -0.4 is 10.6 Å². The molecule has 28 heavy (non-hydrogen) atoms. The Hall–Kier alpha value is -3.39. The van der Waals surface area contributed by atoms with Gasteiger partial charge in [-0.25, -0.2) is 0 Å². The molecule has 1 heterocycles. The van der Waals surface area contributed by atoms with Crippen LogP contribution in [0.5, 0.6) is 0 Å². The number of amides is 2. The van der Waals surface area contributed by atoms with Gasteiger partial charge >= 0.3 is 0 Å². The number of furan rings is 1. The third-order valence-electron chi connectivity index (χ3n) is 3.94. The summed E-state index contributed by atoms with van der Waals surface area (Å²) in [4.78, 5) is 35.1. The maximum absolute atomic E-state index is 12.7. The average Bonchev–Trinajstić information content (AvgIpc) is 3.05. The zero-order valence-corrected chi connectivity index (χ0v) is 15.4. The van der Waals surface area contributed by atoms with E-state index in [-0.39, 0.29) is 29.5 Å². The number of non-ortho nitro benzene ring substituents is 1. The lowest BCUT2D eigenvalue weighted by atomic mass is 10.2. The first-order valence-electron chi connectivity index (χ1n) is 8.42. The van der Waals surface area contributed by atoms with Crippen molar-refractivity contribution in [1.29, 1.82) is 0 Å². The van der Waals surface area contributed by atoms with Crippen LogP contribution in [0.2, 0.25) is 0 Å². The molecule has 8 nitrogen and oxygen atoms in total. The molecule has 2 N–H and O–H groups in total. The second-order valence-electron chi connectivity index (χ2n) is 5.90. The van der Waals surface area contributed by atoms with Crippen LogP contribution in [0.4, 0.5) is 17.1 Å². The fraction of sp³-hybridized carbons (Fsp3) is 0.158. The zero-order chi connectivity index (χ0) is 20.1. The standard InChI is InChI=1S/C19H16ClN3O5/c20-11-3-6-16(24)22-17-14-4-1-2-5-15(14)28-18(17)19(25)21-12-7-9-13(10-8-12)23(26)27/h1-2,4-5,7-10H,3,6,11H2,(H,21,25)(H,22,24). The number of hydrogen-bond donors (Lipinski definition) is 2. The Morgan fingerprint density at radius 1 is 1.07 bits per heavy atom. The summed E-state index contributed by atoms with van der Waals surface area (Å²) in [6.45, 7) is 0. The smallest absolute Gasteiger partial charge is 0.293 e. The van der Waals surface area contributed by atoms with E-state index in [0.29, 0.717) is 29.0 Å². The average molecular weight is 402 g/mol. The Kier molecular flexibility index (Phi) is 5.90. The molecule has 0 fully saturated rings. The molecule has 2 aromatic carbocycles. The van der Waals surface area contributed by atoms with E-state index in [0.717, 1.165) is 0 Å². The molecule has 0 aliphatic carbocycles. The number of alkyl halides is 1. The summed E-state index contributed by atoms with van der Waals surface area (Å²) in [5.41, 5.74) is 0.989. The van der Waals surface area contributed by atoms with E-state index in [1.165, 1.54) is 24.3 Å². The fourth-order valence-electron chi connectivity index (χ4n) is 2.61. The van der Waals surface area contributed by atoms with Crippen molar-refractivity contribution in [1.82, 2.24) is 0 Å². The minimum Gasteiger partial charge on any atom is -0.449 e. The molecule has 0 unspecified atom stereocenters. The third kappa shape index (κ3) is 4.29. The minimum absolute atomic E-state index is 0.0567. The van der Waals surface area contributed by atoms with Gasteiger partial charge in [-0.15, -0.1) is 11.6 Å². The molecule has 3 aromatic rings. The Balaban J connectivity index is 1.88. The van der Waals surface area contributed by atoms with Crippen LogP contribution in [0.1, 0.15) is 23.4 Å². The molecule has 0 aliphatic rings. The molecule has 2 amide bonds. The van der Waals surface area contributed by atoms with Gasteiger partial charge in [0.15, 0.2) is 0 Å². The van der Waals surface area contributed by atoms with Crippen LogP contribution in [0.3, 0.4) is 0 Å². The predicted molar refractivity (Wildman–Crippen MR) is 106 cm³/mol. The van der Waals surface area contributed by atoms with Crippen molar-refractivity contribution in [2.75, 3.05) is 16.5 Å². The van der Waals surface area contributed by atoms with Crippen LogP contribution in [-0.2, 0) is 4.79 Å². The first-order valence-corrected chi connectivity index (χ1v) is 8.96. The van der Waals surface area contributed by atoms with E-state index in [2.05, 4.69) is 10.6 Å². The Morgan fingerprint density at radius 3 is 2.46 bits per heavy atom. The number of nitrogens with zero attached hydrogens (tertiary/aromatic N) is 1. The number of carbonyl (C=O) groups excluding carboxylic acids is 2. The topological polar surface area (TPSA) is 114 Å². The maximum atomic E-state index is 12.7. The predicted octanol–water partition coefficient (Wildman–Crippen LogP) is 4.55. The molecule has 1 aromatic heterocycles. The highest BCUT2D eigenvalue weighted by Gasteiger charge is 2.22. The summed E-state index contributed by atoms with van der Waals surface area (Å²) in [7, 11) is 0. The number of nitrogens with one attached hydrogen (secondary N) is 2. The highest BCUT2D eigenvalue weighted by Crippen LogP contribution is 2.31. The molecule has 144 valence electrons. The van der Waals surface area contributed by atoms with E-state index in [1.807, 2.05) is 0 Å². The van der Waals surface area contributed by atoms with E-state index in [1.54, 1.807) is 24.3 Å². The van der Waals surface area contributed by atoms with Gasteiger partial charge in [-0.1, -0.05) is 12.1 Å². The number of anilines is 2. The summed E-state index contributed by atoms with van der Waals surface area (Å²) < 4.78 is 5.64. The second-order valence-corrected chi connectivity index (χ2v) is 6.28. The van der Waals surface area contributed by atoms with Crippen molar-refractivity contribution in [3.8, 4) is 0 Å². The Bertz CT molecular complexity index is 1030. The van der Waals surface area contributed by atoms with Crippen molar-refractivity contribution in [2.45, 2.75) is 12.8 Å². The molecule has 0 saturated carbocycles. The van der Waals surface area contributed by atoms with Gasteiger partial charge in [-0.2, -0.15) is 0 Å². The third-order valence-corrected chi connectivity index (χ3v) is 4.21. The van der Waals surface area contributed by atoms with Crippen LogP contribution in [-0.4, -0.2) is 22.6 Å². The number of carbonyl (C=O) groups is 2. The Morgan fingerprint density at radius 2 is 1.79 bits per heavy atom. The highest BCUT2D eigenvalue weighted by atomic mass is 35.5. The van der Waals surface area contributed by atoms with Crippen LogP contribution in [0.25, 0.3) is 11.0 Å². The lowest BCUT2D eigenvalue weighted by molar-refractivity contribution is -0.384. The van der Waals surface area contributed by atoms with Gasteiger partial charge < -0.3 is 15.1 Å². The summed E-state index contributed by atoms with van der Waals surface area (Å²) in [5, 5.41) is 16.7. The number of benzene rings is 2. The van der Waals surface area contributed by atoms with Crippen molar-refractivity contribution >= 4 is 51.4 Å². The molecule has 0 radical (unpaired) electrons. The molecular weight excluding hydrogens is 386 g/mol. The van der Waals surface area contributed by atoms with Crippen molar-refractivity contribution in [2.24, 2.45) is 0 Å². The number of halogens is 1. The first kappa shape index (κ1) is 19.4. The molecule has 0 spiro atoms. The number of nitro groups is 1. The number of nitro benzene ring substituents is 1. The fourth-order valence-corrected chi connectivity index (χ4v) is 2.75. The lowest BCUT2D eigenvalue weighted by Crippen LogP contribution is -2.17. The molecule has 9 heteroatoms. The maximum Gasteiger partial charge on any atom is 0.293 e. The summed E-state index contributed by atoms with van der Waals surface area (Å²) in [6, 6.07) is 12.3. The van der Waals surface area contributed by atoms with Gasteiger partial charge in [0.1, 0.15) is 11.3 Å². The van der Waals surface area contributed by atoms with E-state index in [9.17, 15) is 19.7 Å². The molecule has 0 saturated heterocycles. The van der Waals surface area contributed by atoms with E-state index in [4.69, 9.17) is 16.0 Å². The van der Waals surface area contributed by atoms with E-state index >= 15 is 0 Å². The number of rotatable bonds is 7. The summed E-state index contributed by atoms with van der Waals surface area (Å²) in [5.74, 6) is -0.569. The summed E-state index contributed by atoms with van der Waals surface area (Å²) in [6.07, 6.45) is 0.722. The molecular formula is C19H16ClN3O5. The summed E-state index contributed by atoms with van der Waals surface area (Å²) >= 11 is 5.62. The van der Waals surface area contributed by atoms with Gasteiger partial charge in [0, 0.05) is 35.5 Å². The van der Waals surface area contributed by atoms with Crippen LogP contribution in [0.15, 0.2) is 52.9 Å². The van der Waals surface area contributed by atoms with Gasteiger partial charge in [0.25, 0.3) is 11.6 Å². The quantitative estimate of drug-likeness (QED) is 0.342. The van der Waals surface area contributed by atoms with Crippen LogP contribution in [0, 0.1) is 10.1 Å². The zero-order valence-electron chi connectivity index (χ0n) is 14.6. The lowest BCUT2D eigenvalue weighted by Gasteiger charge is -2.07. The van der Waals surface area contributed by atoms with E-state index < -0.39 is 10.8 Å². The van der Waals surface area contributed by atoms with Crippen molar-refractivity contribution < 1.29 is 18.9 Å². The van der Waals surface area contributed by atoms with Gasteiger partial charge in [0.2, 0.25) is 11.7 Å². The van der Waals surface area contributed by atoms with Crippen LogP contribution >= 0.6 is 11.6 Å². The van der Waals surface area contributed by atoms with Crippen molar-refractivity contribution in [3.05, 3.63) is 64.4 Å². The van der Waals surface area contributed by atoms with Gasteiger partial charge in [0.05, 0.1) is 4.92 Å². The second kappa shape index (κ2) is 8.53. The monoisotopic (exact) mass is 401 g/mol. The normalized spacial score (nSPS) is 10.6. The molecule has 0 atom stereocenters. The first-order chi connectivity index (χ1) is 13.5. The molecule has 0 bridgehead atoms. The van der Waals surface area contributed by atoms with Crippen molar-refractivity contribution in [3.63, 3.8) is 0 Å². The highest BCUT2D eigenvalue weighted by molar-refractivity contribution is 6.18. The SMILES string of the molecule is O=C(CCCCl)Nc1c(C(=O)Nc2ccc([N+](=O)[O-])cc2)oc2ccccc12.